The van der Waals surface area contributed by atoms with Crippen molar-refractivity contribution in [3.8, 4) is 0 Å². The fraction of sp³-hybridized carbons (Fsp3) is 0.333. The van der Waals surface area contributed by atoms with Crippen molar-refractivity contribution in [2.24, 2.45) is 0 Å². The standard InChI is InChI=1S/C12H16N2O6S/c1-20-7-10(12(16)17)13-11(15)8-3-5-9(6-4-8)14-21(2,18)19/h3-6,10,14H,7H2,1-2H3,(H,13,15)(H,16,17). The fourth-order valence-corrected chi connectivity index (χ4v) is 2.05. The van der Waals surface area contributed by atoms with E-state index in [1.54, 1.807) is 0 Å². The summed E-state index contributed by atoms with van der Waals surface area (Å²) in [6.45, 7) is -0.158. The lowest BCUT2D eigenvalue weighted by Gasteiger charge is -2.13. The van der Waals surface area contributed by atoms with Crippen LogP contribution in [0.25, 0.3) is 0 Å². The summed E-state index contributed by atoms with van der Waals surface area (Å²) in [5.74, 6) is -1.80. The molecule has 3 N–H and O–H groups in total. The molecule has 1 unspecified atom stereocenters. The summed E-state index contributed by atoms with van der Waals surface area (Å²) in [6.07, 6.45) is 1.01. The summed E-state index contributed by atoms with van der Waals surface area (Å²) in [7, 11) is -2.07. The van der Waals surface area contributed by atoms with Gasteiger partial charge in [-0.2, -0.15) is 0 Å². The number of benzene rings is 1. The number of aliphatic carboxylic acids is 1. The average Bonchev–Trinajstić information content (AvgIpc) is 2.36. The van der Waals surface area contributed by atoms with Crippen molar-refractivity contribution in [1.29, 1.82) is 0 Å². The second kappa shape index (κ2) is 7.04. The summed E-state index contributed by atoms with van der Waals surface area (Å²) in [5.41, 5.74) is 0.511. The van der Waals surface area contributed by atoms with Gasteiger partial charge in [-0.15, -0.1) is 0 Å². The van der Waals surface area contributed by atoms with Gasteiger partial charge in [-0.3, -0.25) is 9.52 Å². The molecule has 9 heteroatoms. The van der Waals surface area contributed by atoms with E-state index in [1.807, 2.05) is 0 Å². The van der Waals surface area contributed by atoms with E-state index in [0.717, 1.165) is 6.26 Å². The van der Waals surface area contributed by atoms with Crippen molar-refractivity contribution in [1.82, 2.24) is 5.32 Å². The van der Waals surface area contributed by atoms with Gasteiger partial charge >= 0.3 is 5.97 Å². The van der Waals surface area contributed by atoms with E-state index in [2.05, 4.69) is 10.0 Å². The van der Waals surface area contributed by atoms with E-state index in [0.29, 0.717) is 5.69 Å². The van der Waals surface area contributed by atoms with E-state index < -0.39 is 27.9 Å². The Hall–Kier alpha value is -2.13. The monoisotopic (exact) mass is 316 g/mol. The Morgan fingerprint density at radius 2 is 1.86 bits per heavy atom. The molecule has 0 aliphatic carbocycles. The lowest BCUT2D eigenvalue weighted by atomic mass is 10.2. The smallest absolute Gasteiger partial charge is 0.328 e. The van der Waals surface area contributed by atoms with Crippen LogP contribution < -0.4 is 10.0 Å². The molecular weight excluding hydrogens is 300 g/mol. The molecule has 116 valence electrons. The van der Waals surface area contributed by atoms with Gasteiger partial charge in [-0.1, -0.05) is 0 Å². The molecule has 0 saturated carbocycles. The minimum Gasteiger partial charge on any atom is -0.480 e. The second-order valence-electron chi connectivity index (χ2n) is 4.27. The zero-order valence-corrected chi connectivity index (χ0v) is 12.3. The third-order valence-electron chi connectivity index (χ3n) is 2.39. The molecule has 0 aliphatic heterocycles. The SMILES string of the molecule is COCC(NC(=O)c1ccc(NS(C)(=O)=O)cc1)C(=O)O. The van der Waals surface area contributed by atoms with Gasteiger partial charge in [0.15, 0.2) is 6.04 Å². The molecule has 0 heterocycles. The van der Waals surface area contributed by atoms with Crippen LogP contribution in [0.1, 0.15) is 10.4 Å². The highest BCUT2D eigenvalue weighted by molar-refractivity contribution is 7.92. The number of nitrogens with one attached hydrogen (secondary N) is 2. The third-order valence-corrected chi connectivity index (χ3v) is 2.99. The number of amides is 1. The summed E-state index contributed by atoms with van der Waals surface area (Å²) in [4.78, 5) is 22.8. The summed E-state index contributed by atoms with van der Waals surface area (Å²) >= 11 is 0. The largest absolute Gasteiger partial charge is 0.480 e. The minimum absolute atomic E-state index is 0.158. The van der Waals surface area contributed by atoms with Gasteiger partial charge in [0, 0.05) is 18.4 Å². The number of rotatable bonds is 7. The molecule has 0 fully saturated rings. The molecule has 21 heavy (non-hydrogen) atoms. The van der Waals surface area contributed by atoms with Gasteiger partial charge in [-0.05, 0) is 24.3 Å². The highest BCUT2D eigenvalue weighted by atomic mass is 32.2. The first-order valence-electron chi connectivity index (χ1n) is 5.83. The van der Waals surface area contributed by atoms with Crippen LogP contribution in [-0.4, -0.2) is 51.4 Å². The van der Waals surface area contributed by atoms with E-state index in [1.165, 1.54) is 31.4 Å². The van der Waals surface area contributed by atoms with Crippen molar-refractivity contribution in [2.75, 3.05) is 24.7 Å². The van der Waals surface area contributed by atoms with Gasteiger partial charge in [0.05, 0.1) is 12.9 Å². The van der Waals surface area contributed by atoms with Crippen molar-refractivity contribution in [3.05, 3.63) is 29.8 Å². The van der Waals surface area contributed by atoms with Crippen LogP contribution in [0.4, 0.5) is 5.69 Å². The maximum Gasteiger partial charge on any atom is 0.328 e. The molecule has 0 aromatic heterocycles. The molecule has 0 bridgehead atoms. The third kappa shape index (κ3) is 5.79. The molecule has 1 amide bonds. The van der Waals surface area contributed by atoms with Crippen LogP contribution in [0.2, 0.25) is 0 Å². The number of carboxylic acids is 1. The molecule has 0 spiro atoms. The Balaban J connectivity index is 2.77. The molecule has 0 aliphatic rings. The topological polar surface area (TPSA) is 122 Å². The van der Waals surface area contributed by atoms with Gasteiger partial charge in [0.1, 0.15) is 0 Å². The minimum atomic E-state index is -3.39. The predicted octanol–water partition coefficient (Wildman–Crippen LogP) is -0.112. The number of sulfonamides is 1. The highest BCUT2D eigenvalue weighted by Gasteiger charge is 2.20. The van der Waals surface area contributed by atoms with Gasteiger partial charge in [-0.25, -0.2) is 13.2 Å². The number of ether oxygens (including phenoxy) is 1. The predicted molar refractivity (Wildman–Crippen MR) is 75.7 cm³/mol. The van der Waals surface area contributed by atoms with Crippen molar-refractivity contribution < 1.29 is 27.9 Å². The number of hydrogen-bond acceptors (Lipinski definition) is 5. The fourth-order valence-electron chi connectivity index (χ4n) is 1.49. The molecule has 0 saturated heterocycles. The first-order chi connectivity index (χ1) is 9.73. The van der Waals surface area contributed by atoms with E-state index in [-0.39, 0.29) is 12.2 Å². The quantitative estimate of drug-likeness (QED) is 0.645. The Morgan fingerprint density at radius 3 is 2.29 bits per heavy atom. The lowest BCUT2D eigenvalue weighted by Crippen LogP contribution is -2.43. The Kier molecular flexibility index (Phi) is 5.68. The zero-order valence-electron chi connectivity index (χ0n) is 11.5. The van der Waals surface area contributed by atoms with Crippen LogP contribution in [0.5, 0.6) is 0 Å². The Labute approximate surface area is 122 Å². The summed E-state index contributed by atoms with van der Waals surface area (Å²) < 4.78 is 29.0. The first-order valence-corrected chi connectivity index (χ1v) is 7.72. The van der Waals surface area contributed by atoms with Crippen LogP contribution >= 0.6 is 0 Å². The molecule has 1 aromatic carbocycles. The number of anilines is 1. The van der Waals surface area contributed by atoms with Gasteiger partial charge in [0.25, 0.3) is 5.91 Å². The average molecular weight is 316 g/mol. The second-order valence-corrected chi connectivity index (χ2v) is 6.02. The number of carbonyl (C=O) groups excluding carboxylic acids is 1. The molecule has 1 aromatic rings. The summed E-state index contributed by atoms with van der Waals surface area (Å²) in [5, 5.41) is 11.2. The van der Waals surface area contributed by atoms with E-state index in [9.17, 15) is 18.0 Å². The van der Waals surface area contributed by atoms with Crippen LogP contribution in [0.15, 0.2) is 24.3 Å². The molecule has 1 atom stereocenters. The van der Waals surface area contributed by atoms with Crippen molar-refractivity contribution in [2.45, 2.75) is 6.04 Å². The van der Waals surface area contributed by atoms with Crippen LogP contribution in [0.3, 0.4) is 0 Å². The lowest BCUT2D eigenvalue weighted by molar-refractivity contribution is -0.140. The van der Waals surface area contributed by atoms with Crippen molar-refractivity contribution in [3.63, 3.8) is 0 Å². The van der Waals surface area contributed by atoms with Crippen molar-refractivity contribution >= 4 is 27.6 Å². The molecular formula is C12H16N2O6S. The van der Waals surface area contributed by atoms with Crippen LogP contribution in [0, 0.1) is 0 Å². The van der Waals surface area contributed by atoms with E-state index >= 15 is 0 Å². The highest BCUT2D eigenvalue weighted by Crippen LogP contribution is 2.11. The number of hydrogen-bond donors (Lipinski definition) is 3. The first kappa shape index (κ1) is 16.9. The molecule has 1 rings (SSSR count). The maximum absolute atomic E-state index is 11.9. The van der Waals surface area contributed by atoms with E-state index in [4.69, 9.17) is 9.84 Å². The number of carboxylic acid groups (broad SMARTS) is 1. The zero-order chi connectivity index (χ0) is 16.0. The molecule has 0 radical (unpaired) electrons. The van der Waals surface area contributed by atoms with Gasteiger partial charge in [0.2, 0.25) is 10.0 Å². The number of methoxy groups -OCH3 is 1. The maximum atomic E-state index is 11.9. The molecule has 8 nitrogen and oxygen atoms in total. The number of carbonyl (C=O) groups is 2. The van der Waals surface area contributed by atoms with Gasteiger partial charge < -0.3 is 15.2 Å². The normalized spacial score (nSPS) is 12.5. The summed E-state index contributed by atoms with van der Waals surface area (Å²) in [6, 6.07) is 4.42. The van der Waals surface area contributed by atoms with Crippen LogP contribution in [-0.2, 0) is 19.6 Å². The Bertz CT molecular complexity index is 611. The Morgan fingerprint density at radius 1 is 1.29 bits per heavy atom.